The number of hydrogen-bond acceptors (Lipinski definition) is 3. The quantitative estimate of drug-likeness (QED) is 0.913. The summed E-state index contributed by atoms with van der Waals surface area (Å²) in [7, 11) is 0. The van der Waals surface area contributed by atoms with E-state index < -0.39 is 5.60 Å². The number of likely N-dealkylation sites (tertiary alicyclic amines) is 1. The third-order valence-corrected chi connectivity index (χ3v) is 3.51. The number of amides is 1. The third kappa shape index (κ3) is 2.49. The molecule has 0 atom stereocenters. The molecule has 0 spiro atoms. The standard InChI is InChI=1S/C13H17ClN2O2/c1-3-4-13(18)7-16(8-13)12(17)10-6-15-9(2)5-11(10)14/h5-6,18H,3-4,7-8H2,1-2H3. The monoisotopic (exact) mass is 268 g/mol. The highest BCUT2D eigenvalue weighted by Crippen LogP contribution is 2.28. The molecular formula is C13H17ClN2O2. The van der Waals surface area contributed by atoms with E-state index in [1.807, 2.05) is 13.8 Å². The predicted molar refractivity (Wildman–Crippen MR) is 69.7 cm³/mol. The number of β-amino-alcohol motifs (C(OH)–C–C–N with tert-alkyl or cyclic N) is 1. The van der Waals surface area contributed by atoms with Gasteiger partial charge in [0.2, 0.25) is 0 Å². The summed E-state index contributed by atoms with van der Waals surface area (Å²) in [6.07, 6.45) is 3.12. The van der Waals surface area contributed by atoms with E-state index in [1.54, 1.807) is 11.0 Å². The third-order valence-electron chi connectivity index (χ3n) is 3.19. The van der Waals surface area contributed by atoms with Gasteiger partial charge in [0, 0.05) is 11.9 Å². The maximum absolute atomic E-state index is 12.1. The number of carbonyl (C=O) groups is 1. The van der Waals surface area contributed by atoms with Gasteiger partial charge in [-0.2, -0.15) is 0 Å². The van der Waals surface area contributed by atoms with E-state index in [9.17, 15) is 9.90 Å². The molecule has 0 aromatic carbocycles. The number of hydrogen-bond donors (Lipinski definition) is 1. The van der Waals surface area contributed by atoms with E-state index in [0.29, 0.717) is 23.7 Å². The molecule has 1 amide bonds. The normalized spacial score (nSPS) is 17.4. The van der Waals surface area contributed by atoms with Gasteiger partial charge in [0.05, 0.1) is 29.3 Å². The number of nitrogens with zero attached hydrogens (tertiary/aromatic N) is 2. The average molecular weight is 269 g/mol. The predicted octanol–water partition coefficient (Wildman–Crippen LogP) is 2.03. The number of carbonyl (C=O) groups excluding carboxylic acids is 1. The minimum absolute atomic E-state index is 0.159. The van der Waals surface area contributed by atoms with Crippen molar-refractivity contribution in [1.82, 2.24) is 9.88 Å². The average Bonchev–Trinajstić information content (AvgIpc) is 2.25. The Morgan fingerprint density at radius 2 is 2.28 bits per heavy atom. The van der Waals surface area contributed by atoms with Crippen molar-refractivity contribution in [2.24, 2.45) is 0 Å². The van der Waals surface area contributed by atoms with Crippen molar-refractivity contribution >= 4 is 17.5 Å². The highest BCUT2D eigenvalue weighted by atomic mass is 35.5. The summed E-state index contributed by atoms with van der Waals surface area (Å²) in [4.78, 5) is 17.8. The fraction of sp³-hybridized carbons (Fsp3) is 0.538. The van der Waals surface area contributed by atoms with E-state index in [0.717, 1.165) is 18.5 Å². The van der Waals surface area contributed by atoms with Crippen molar-refractivity contribution in [3.05, 3.63) is 28.5 Å². The maximum Gasteiger partial charge on any atom is 0.257 e. The Labute approximate surface area is 112 Å². The second kappa shape index (κ2) is 4.86. The first-order valence-electron chi connectivity index (χ1n) is 6.09. The first-order chi connectivity index (χ1) is 8.45. The van der Waals surface area contributed by atoms with Crippen LogP contribution >= 0.6 is 11.6 Å². The molecule has 98 valence electrons. The summed E-state index contributed by atoms with van der Waals surface area (Å²) >= 11 is 6.03. The van der Waals surface area contributed by atoms with Crippen LogP contribution in [0.2, 0.25) is 5.02 Å². The lowest BCUT2D eigenvalue weighted by atomic mass is 9.89. The molecule has 1 aromatic heterocycles. The Morgan fingerprint density at radius 3 is 2.83 bits per heavy atom. The number of halogens is 1. The fourth-order valence-corrected chi connectivity index (χ4v) is 2.57. The Morgan fingerprint density at radius 1 is 1.61 bits per heavy atom. The van der Waals surface area contributed by atoms with Crippen LogP contribution < -0.4 is 0 Å². The molecule has 1 aromatic rings. The molecule has 2 heterocycles. The number of aromatic nitrogens is 1. The van der Waals surface area contributed by atoms with Crippen molar-refractivity contribution in [2.75, 3.05) is 13.1 Å². The second-order valence-electron chi connectivity index (χ2n) is 4.94. The molecule has 1 aliphatic heterocycles. The van der Waals surface area contributed by atoms with Gasteiger partial charge in [0.15, 0.2) is 0 Å². The van der Waals surface area contributed by atoms with Crippen LogP contribution in [0.25, 0.3) is 0 Å². The number of pyridine rings is 1. The van der Waals surface area contributed by atoms with Crippen molar-refractivity contribution in [2.45, 2.75) is 32.3 Å². The minimum Gasteiger partial charge on any atom is -0.386 e. The molecule has 0 saturated carbocycles. The van der Waals surface area contributed by atoms with Gasteiger partial charge in [-0.15, -0.1) is 0 Å². The largest absolute Gasteiger partial charge is 0.386 e. The van der Waals surface area contributed by atoms with Crippen molar-refractivity contribution in [3.8, 4) is 0 Å². The maximum atomic E-state index is 12.1. The molecular weight excluding hydrogens is 252 g/mol. The zero-order valence-electron chi connectivity index (χ0n) is 10.6. The Kier molecular flexibility index (Phi) is 3.59. The molecule has 1 saturated heterocycles. The van der Waals surface area contributed by atoms with E-state index >= 15 is 0 Å². The molecule has 5 heteroatoms. The van der Waals surface area contributed by atoms with Crippen LogP contribution in [0.3, 0.4) is 0 Å². The van der Waals surface area contributed by atoms with Gasteiger partial charge in [0.25, 0.3) is 5.91 Å². The SMILES string of the molecule is CCCC1(O)CN(C(=O)c2cnc(C)cc2Cl)C1. The zero-order chi connectivity index (χ0) is 13.3. The van der Waals surface area contributed by atoms with Crippen molar-refractivity contribution in [3.63, 3.8) is 0 Å². The Balaban J connectivity index is 2.06. The van der Waals surface area contributed by atoms with Gasteiger partial charge >= 0.3 is 0 Å². The molecule has 0 unspecified atom stereocenters. The summed E-state index contributed by atoms with van der Waals surface area (Å²) in [5.74, 6) is -0.159. The smallest absolute Gasteiger partial charge is 0.257 e. The summed E-state index contributed by atoms with van der Waals surface area (Å²) in [5, 5.41) is 10.5. The van der Waals surface area contributed by atoms with E-state index in [-0.39, 0.29) is 5.91 Å². The van der Waals surface area contributed by atoms with Gasteiger partial charge in [-0.3, -0.25) is 9.78 Å². The molecule has 0 radical (unpaired) electrons. The van der Waals surface area contributed by atoms with Gasteiger partial charge in [-0.05, 0) is 19.4 Å². The molecule has 0 aliphatic carbocycles. The molecule has 1 N–H and O–H groups in total. The molecule has 0 bridgehead atoms. The van der Waals surface area contributed by atoms with E-state index in [1.165, 1.54) is 6.20 Å². The van der Waals surface area contributed by atoms with Crippen LogP contribution in [0.5, 0.6) is 0 Å². The molecule has 1 fully saturated rings. The van der Waals surface area contributed by atoms with Crippen LogP contribution in [-0.2, 0) is 0 Å². The topological polar surface area (TPSA) is 53.4 Å². The summed E-state index contributed by atoms with van der Waals surface area (Å²) in [5.41, 5.74) is 0.470. The van der Waals surface area contributed by atoms with Gasteiger partial charge in [-0.1, -0.05) is 24.9 Å². The lowest BCUT2D eigenvalue weighted by Crippen LogP contribution is -2.63. The van der Waals surface area contributed by atoms with Gasteiger partial charge in [-0.25, -0.2) is 0 Å². The summed E-state index contributed by atoms with van der Waals surface area (Å²) < 4.78 is 0. The van der Waals surface area contributed by atoms with Crippen LogP contribution in [0, 0.1) is 6.92 Å². The number of aryl methyl sites for hydroxylation is 1. The zero-order valence-corrected chi connectivity index (χ0v) is 11.4. The highest BCUT2D eigenvalue weighted by molar-refractivity contribution is 6.33. The van der Waals surface area contributed by atoms with Crippen LogP contribution in [0.4, 0.5) is 0 Å². The van der Waals surface area contributed by atoms with E-state index in [2.05, 4.69) is 4.98 Å². The molecule has 2 rings (SSSR count). The number of rotatable bonds is 3. The van der Waals surface area contributed by atoms with Crippen LogP contribution in [0.15, 0.2) is 12.3 Å². The van der Waals surface area contributed by atoms with E-state index in [4.69, 9.17) is 11.6 Å². The van der Waals surface area contributed by atoms with Crippen LogP contribution in [0.1, 0.15) is 35.8 Å². The van der Waals surface area contributed by atoms with Crippen LogP contribution in [-0.4, -0.2) is 39.6 Å². The first-order valence-corrected chi connectivity index (χ1v) is 6.47. The molecule has 1 aliphatic rings. The van der Waals surface area contributed by atoms with Crippen molar-refractivity contribution in [1.29, 1.82) is 0 Å². The number of aliphatic hydroxyl groups is 1. The lowest BCUT2D eigenvalue weighted by Gasteiger charge is -2.46. The summed E-state index contributed by atoms with van der Waals surface area (Å²) in [6.45, 7) is 4.60. The lowest BCUT2D eigenvalue weighted by molar-refractivity contribution is -0.0860. The van der Waals surface area contributed by atoms with Gasteiger partial charge in [0.1, 0.15) is 0 Å². The minimum atomic E-state index is -0.713. The van der Waals surface area contributed by atoms with Gasteiger partial charge < -0.3 is 10.0 Å². The fourth-order valence-electron chi connectivity index (χ4n) is 2.29. The van der Waals surface area contributed by atoms with Crippen molar-refractivity contribution < 1.29 is 9.90 Å². The highest BCUT2D eigenvalue weighted by Gasteiger charge is 2.43. The summed E-state index contributed by atoms with van der Waals surface area (Å²) in [6, 6.07) is 1.67. The molecule has 4 nitrogen and oxygen atoms in total. The first kappa shape index (κ1) is 13.3. The Hall–Kier alpha value is -1.13. The second-order valence-corrected chi connectivity index (χ2v) is 5.35. The Bertz CT molecular complexity index is 470. The molecule has 18 heavy (non-hydrogen) atoms.